The minimum atomic E-state index is -3.68. The van der Waals surface area contributed by atoms with Gasteiger partial charge in [0.2, 0.25) is 21.8 Å². The van der Waals surface area contributed by atoms with Gasteiger partial charge in [0, 0.05) is 37.2 Å². The highest BCUT2D eigenvalue weighted by molar-refractivity contribution is 7.89. The number of anilines is 2. The van der Waals surface area contributed by atoms with Gasteiger partial charge in [0.05, 0.1) is 23.8 Å². The molecule has 11 heteroatoms. The molecule has 2 aromatic rings. The normalized spacial score (nSPS) is 17.7. The number of amides is 3. The predicted molar refractivity (Wildman–Crippen MR) is 115 cm³/mol. The first-order valence-corrected chi connectivity index (χ1v) is 11.5. The van der Waals surface area contributed by atoms with E-state index in [0.29, 0.717) is 30.2 Å². The van der Waals surface area contributed by atoms with Crippen LogP contribution in [-0.2, 0) is 24.3 Å². The minimum absolute atomic E-state index is 0.0897. The molecule has 2 N–H and O–H groups in total. The number of morpholine rings is 1. The van der Waals surface area contributed by atoms with Gasteiger partial charge in [-0.25, -0.2) is 13.4 Å². The number of carbonyl (C=O) groups is 3. The van der Waals surface area contributed by atoms with E-state index < -0.39 is 15.9 Å². The van der Waals surface area contributed by atoms with Crippen molar-refractivity contribution in [3.05, 3.63) is 54.1 Å². The first-order chi connectivity index (χ1) is 15.3. The Balaban J connectivity index is 1.46. The smallest absolute Gasteiger partial charge is 0.255 e. The lowest BCUT2D eigenvalue weighted by Crippen LogP contribution is -2.50. The standard InChI is InChI=1S/C21H22N4O6S/c26-19-8-9-20(27)25(23-19)17-6-4-15(5-7-17)21(28)22-16-2-1-3-18(14-16)32(29,30)24-10-12-31-13-11-24/h1-7,14H,8-13H2,(H,22,28)(H,23,26). The maximum Gasteiger partial charge on any atom is 0.255 e. The van der Waals surface area contributed by atoms with Crippen LogP contribution < -0.4 is 15.8 Å². The molecule has 2 aromatic carbocycles. The molecule has 3 amide bonds. The average molecular weight is 458 g/mol. The Morgan fingerprint density at radius 1 is 1.00 bits per heavy atom. The molecule has 0 bridgehead atoms. The zero-order chi connectivity index (χ0) is 22.7. The SMILES string of the molecule is O=C1CCC(=O)N(c2ccc(C(=O)Nc3cccc(S(=O)(=O)N4CCOCC4)c3)cc2)N1. The van der Waals surface area contributed by atoms with Gasteiger partial charge >= 0.3 is 0 Å². The molecular formula is C21H22N4O6S. The predicted octanol–water partition coefficient (Wildman–Crippen LogP) is 1.12. The summed E-state index contributed by atoms with van der Waals surface area (Å²) in [5.74, 6) is -0.926. The molecule has 168 valence electrons. The van der Waals surface area contributed by atoms with Crippen molar-refractivity contribution in [2.45, 2.75) is 17.7 Å². The molecule has 32 heavy (non-hydrogen) atoms. The largest absolute Gasteiger partial charge is 0.379 e. The van der Waals surface area contributed by atoms with Crippen molar-refractivity contribution in [1.82, 2.24) is 9.73 Å². The van der Waals surface area contributed by atoms with Crippen LogP contribution in [0, 0.1) is 0 Å². The molecule has 0 aliphatic carbocycles. The fourth-order valence-electron chi connectivity index (χ4n) is 3.42. The molecule has 2 fully saturated rings. The summed E-state index contributed by atoms with van der Waals surface area (Å²) in [7, 11) is -3.68. The van der Waals surface area contributed by atoms with E-state index in [9.17, 15) is 22.8 Å². The van der Waals surface area contributed by atoms with E-state index in [1.165, 1.54) is 28.6 Å². The molecule has 0 atom stereocenters. The summed E-state index contributed by atoms with van der Waals surface area (Å²) < 4.78 is 32.2. The highest BCUT2D eigenvalue weighted by Crippen LogP contribution is 2.22. The quantitative estimate of drug-likeness (QED) is 0.692. The maximum absolute atomic E-state index is 12.8. The third-order valence-electron chi connectivity index (χ3n) is 5.14. The van der Waals surface area contributed by atoms with Crippen LogP contribution in [0.3, 0.4) is 0 Å². The van der Waals surface area contributed by atoms with Gasteiger partial charge < -0.3 is 10.1 Å². The van der Waals surface area contributed by atoms with Crippen LogP contribution >= 0.6 is 0 Å². The Morgan fingerprint density at radius 3 is 2.44 bits per heavy atom. The molecule has 2 saturated heterocycles. The van der Waals surface area contributed by atoms with Gasteiger partial charge in [0.15, 0.2) is 0 Å². The van der Waals surface area contributed by atoms with E-state index in [0.717, 1.165) is 5.01 Å². The lowest BCUT2D eigenvalue weighted by molar-refractivity contribution is -0.130. The highest BCUT2D eigenvalue weighted by Gasteiger charge is 2.27. The number of ether oxygens (including phenoxy) is 1. The van der Waals surface area contributed by atoms with Crippen LogP contribution in [0.1, 0.15) is 23.2 Å². The molecule has 0 radical (unpaired) electrons. The summed E-state index contributed by atoms with van der Waals surface area (Å²) in [6.07, 6.45) is 0.272. The summed E-state index contributed by atoms with van der Waals surface area (Å²) in [5.41, 5.74) is 3.59. The number of sulfonamides is 1. The summed E-state index contributed by atoms with van der Waals surface area (Å²) in [6.45, 7) is 1.26. The number of nitrogens with zero attached hydrogens (tertiary/aromatic N) is 2. The second kappa shape index (κ2) is 9.07. The monoisotopic (exact) mass is 458 g/mol. The van der Waals surface area contributed by atoms with Gasteiger partial charge in [0.25, 0.3) is 5.91 Å². The minimum Gasteiger partial charge on any atom is -0.379 e. The van der Waals surface area contributed by atoms with E-state index in [1.807, 2.05) is 0 Å². The summed E-state index contributed by atoms with van der Waals surface area (Å²) in [6, 6.07) is 12.2. The molecule has 0 aromatic heterocycles. The third-order valence-corrected chi connectivity index (χ3v) is 7.03. The van der Waals surface area contributed by atoms with Crippen LogP contribution in [0.4, 0.5) is 11.4 Å². The number of hydrogen-bond acceptors (Lipinski definition) is 6. The molecule has 0 unspecified atom stereocenters. The first-order valence-electron chi connectivity index (χ1n) is 10.1. The Morgan fingerprint density at radius 2 is 1.72 bits per heavy atom. The lowest BCUT2D eigenvalue weighted by atomic mass is 10.1. The van der Waals surface area contributed by atoms with Gasteiger partial charge in [-0.1, -0.05) is 6.07 Å². The highest BCUT2D eigenvalue weighted by atomic mass is 32.2. The zero-order valence-electron chi connectivity index (χ0n) is 17.1. The second-order valence-corrected chi connectivity index (χ2v) is 9.25. The Kier molecular flexibility index (Phi) is 6.21. The summed E-state index contributed by atoms with van der Waals surface area (Å²) in [5, 5.41) is 3.85. The molecular weight excluding hydrogens is 436 g/mol. The van der Waals surface area contributed by atoms with E-state index in [4.69, 9.17) is 4.74 Å². The summed E-state index contributed by atoms with van der Waals surface area (Å²) >= 11 is 0. The van der Waals surface area contributed by atoms with Crippen molar-refractivity contribution in [2.75, 3.05) is 36.6 Å². The molecule has 0 spiro atoms. The molecule has 2 aliphatic rings. The summed E-state index contributed by atoms with van der Waals surface area (Å²) in [4.78, 5) is 36.3. The van der Waals surface area contributed by atoms with Crippen LogP contribution in [0.15, 0.2) is 53.4 Å². The van der Waals surface area contributed by atoms with Crippen molar-refractivity contribution in [1.29, 1.82) is 0 Å². The van der Waals surface area contributed by atoms with E-state index in [2.05, 4.69) is 10.7 Å². The third kappa shape index (κ3) is 4.64. The second-order valence-electron chi connectivity index (χ2n) is 7.31. The number of nitrogens with one attached hydrogen (secondary N) is 2. The van der Waals surface area contributed by atoms with E-state index >= 15 is 0 Å². The van der Waals surface area contributed by atoms with Crippen molar-refractivity contribution in [3.63, 3.8) is 0 Å². The number of hydrogen-bond donors (Lipinski definition) is 2. The van der Waals surface area contributed by atoms with Crippen LogP contribution in [0.5, 0.6) is 0 Å². The average Bonchev–Trinajstić information content (AvgIpc) is 2.81. The number of rotatable bonds is 5. The van der Waals surface area contributed by atoms with Crippen molar-refractivity contribution < 1.29 is 27.5 Å². The fourth-order valence-corrected chi connectivity index (χ4v) is 4.87. The lowest BCUT2D eigenvalue weighted by Gasteiger charge is -2.27. The van der Waals surface area contributed by atoms with Crippen molar-refractivity contribution in [3.8, 4) is 0 Å². The molecule has 2 aliphatic heterocycles. The van der Waals surface area contributed by atoms with Crippen molar-refractivity contribution in [2.24, 2.45) is 0 Å². The van der Waals surface area contributed by atoms with Crippen LogP contribution in [0.25, 0.3) is 0 Å². The number of carbonyl (C=O) groups excluding carboxylic acids is 3. The van der Waals surface area contributed by atoms with Crippen molar-refractivity contribution >= 4 is 39.1 Å². The first kappa shape index (κ1) is 21.9. The Hall–Kier alpha value is -3.28. The van der Waals surface area contributed by atoms with Gasteiger partial charge in [-0.15, -0.1) is 0 Å². The zero-order valence-corrected chi connectivity index (χ0v) is 17.9. The number of benzene rings is 2. The molecule has 4 rings (SSSR count). The topological polar surface area (TPSA) is 125 Å². The maximum atomic E-state index is 12.8. The van der Waals surface area contributed by atoms with Gasteiger partial charge in [-0.3, -0.25) is 19.8 Å². The molecule has 10 nitrogen and oxygen atoms in total. The van der Waals surface area contributed by atoms with E-state index in [1.54, 1.807) is 24.3 Å². The Bertz CT molecular complexity index is 1140. The van der Waals surface area contributed by atoms with Gasteiger partial charge in [0.1, 0.15) is 0 Å². The van der Waals surface area contributed by atoms with Gasteiger partial charge in [-0.05, 0) is 42.5 Å². The fraction of sp³-hybridized carbons (Fsp3) is 0.286. The van der Waals surface area contributed by atoms with Gasteiger partial charge in [-0.2, -0.15) is 4.31 Å². The number of hydrazine groups is 1. The van der Waals surface area contributed by atoms with Crippen LogP contribution in [0.2, 0.25) is 0 Å². The molecule has 0 saturated carbocycles. The van der Waals surface area contributed by atoms with Crippen LogP contribution in [-0.4, -0.2) is 56.7 Å². The Labute approximate surface area is 185 Å². The van der Waals surface area contributed by atoms with E-state index in [-0.39, 0.29) is 42.6 Å². The molecule has 2 heterocycles.